The van der Waals surface area contributed by atoms with E-state index in [1.165, 1.54) is 15.6 Å². The molecule has 0 bridgehead atoms. The van der Waals surface area contributed by atoms with Crippen LogP contribution in [-0.4, -0.2) is 0 Å². The van der Waals surface area contributed by atoms with Crippen molar-refractivity contribution in [3.05, 3.63) is 64.4 Å². The number of halogens is 1. The Morgan fingerprint density at radius 2 is 1.89 bits per heavy atom. The van der Waals surface area contributed by atoms with Crippen LogP contribution in [0.2, 0.25) is 0 Å². The zero-order valence-electron chi connectivity index (χ0n) is 10.3. The van der Waals surface area contributed by atoms with Gasteiger partial charge in [-0.2, -0.15) is 0 Å². The smallest absolute Gasteiger partial charge is 0.124 e. The van der Waals surface area contributed by atoms with E-state index >= 15 is 0 Å². The average molecular weight is 289 g/mol. The van der Waals surface area contributed by atoms with Crippen LogP contribution >= 0.6 is 22.9 Å². The Hall–Kier alpha value is -1.51. The number of hydrogen-bond acceptors (Lipinski definition) is 2. The number of rotatable bonds is 4. The molecule has 0 saturated heterocycles. The Bertz CT molecular complexity index is 676. The SMILES string of the molecule is ClCc1c(OCc2cccs2)ccc2ccccc12. The fourth-order valence-electron chi connectivity index (χ4n) is 2.13. The number of fused-ring (bicyclic) bond motifs is 1. The van der Waals surface area contributed by atoms with Gasteiger partial charge in [0.05, 0.1) is 5.88 Å². The van der Waals surface area contributed by atoms with Gasteiger partial charge < -0.3 is 4.74 Å². The molecule has 96 valence electrons. The largest absolute Gasteiger partial charge is 0.488 e. The van der Waals surface area contributed by atoms with Crippen LogP contribution in [0.25, 0.3) is 10.8 Å². The second-order valence-corrected chi connectivity index (χ2v) is 5.56. The molecule has 1 nitrogen and oxygen atoms in total. The molecular formula is C16H13ClOS. The molecule has 0 atom stereocenters. The zero-order chi connectivity index (χ0) is 13.1. The summed E-state index contributed by atoms with van der Waals surface area (Å²) in [6, 6.07) is 16.4. The summed E-state index contributed by atoms with van der Waals surface area (Å²) < 4.78 is 5.91. The van der Waals surface area contributed by atoms with Crippen molar-refractivity contribution in [1.29, 1.82) is 0 Å². The highest BCUT2D eigenvalue weighted by atomic mass is 35.5. The molecule has 0 N–H and O–H groups in total. The van der Waals surface area contributed by atoms with E-state index in [1.54, 1.807) is 11.3 Å². The summed E-state index contributed by atoms with van der Waals surface area (Å²) in [7, 11) is 0. The molecule has 2 aromatic carbocycles. The molecule has 0 spiro atoms. The van der Waals surface area contributed by atoms with E-state index in [0.29, 0.717) is 12.5 Å². The van der Waals surface area contributed by atoms with E-state index in [1.807, 2.05) is 24.3 Å². The van der Waals surface area contributed by atoms with Crippen LogP contribution in [-0.2, 0) is 12.5 Å². The van der Waals surface area contributed by atoms with Gasteiger partial charge in [0.1, 0.15) is 12.4 Å². The van der Waals surface area contributed by atoms with Gasteiger partial charge in [-0.05, 0) is 28.3 Å². The second-order valence-electron chi connectivity index (χ2n) is 4.27. The van der Waals surface area contributed by atoms with E-state index in [4.69, 9.17) is 16.3 Å². The van der Waals surface area contributed by atoms with Gasteiger partial charge >= 0.3 is 0 Å². The summed E-state index contributed by atoms with van der Waals surface area (Å²) in [6.45, 7) is 0.597. The Labute approximate surface area is 121 Å². The van der Waals surface area contributed by atoms with Crippen molar-refractivity contribution in [3.8, 4) is 5.75 Å². The first-order valence-electron chi connectivity index (χ1n) is 6.10. The summed E-state index contributed by atoms with van der Waals surface area (Å²) in [5.41, 5.74) is 1.07. The topological polar surface area (TPSA) is 9.23 Å². The van der Waals surface area contributed by atoms with Gasteiger partial charge in [-0.15, -0.1) is 22.9 Å². The highest BCUT2D eigenvalue weighted by Gasteiger charge is 2.08. The molecule has 0 fully saturated rings. The molecule has 0 aliphatic carbocycles. The molecule has 0 aliphatic rings. The fraction of sp³-hybridized carbons (Fsp3) is 0.125. The maximum absolute atomic E-state index is 6.09. The second kappa shape index (κ2) is 5.64. The Balaban J connectivity index is 1.94. The van der Waals surface area contributed by atoms with E-state index in [9.17, 15) is 0 Å². The molecule has 1 heterocycles. The molecule has 0 amide bonds. The minimum Gasteiger partial charge on any atom is -0.488 e. The summed E-state index contributed by atoms with van der Waals surface area (Å²) in [6.07, 6.45) is 0. The summed E-state index contributed by atoms with van der Waals surface area (Å²) in [4.78, 5) is 1.22. The molecule has 1 aromatic heterocycles. The maximum atomic E-state index is 6.09. The summed E-state index contributed by atoms with van der Waals surface area (Å²) in [5, 5.41) is 4.42. The number of thiophene rings is 1. The van der Waals surface area contributed by atoms with Crippen molar-refractivity contribution in [3.63, 3.8) is 0 Å². The molecule has 0 saturated carbocycles. The zero-order valence-corrected chi connectivity index (χ0v) is 11.9. The lowest BCUT2D eigenvalue weighted by Crippen LogP contribution is -1.96. The minimum atomic E-state index is 0.459. The monoisotopic (exact) mass is 288 g/mol. The van der Waals surface area contributed by atoms with Gasteiger partial charge in [-0.3, -0.25) is 0 Å². The molecular weight excluding hydrogens is 276 g/mol. The van der Waals surface area contributed by atoms with Crippen LogP contribution in [0.3, 0.4) is 0 Å². The van der Waals surface area contributed by atoms with Crippen molar-refractivity contribution in [2.24, 2.45) is 0 Å². The molecule has 3 aromatic rings. The number of benzene rings is 2. The lowest BCUT2D eigenvalue weighted by molar-refractivity contribution is 0.308. The van der Waals surface area contributed by atoms with Gasteiger partial charge in [-0.25, -0.2) is 0 Å². The van der Waals surface area contributed by atoms with Crippen molar-refractivity contribution < 1.29 is 4.74 Å². The predicted octanol–water partition coefficient (Wildman–Crippen LogP) is 5.22. The quantitative estimate of drug-likeness (QED) is 0.598. The third-order valence-corrected chi connectivity index (χ3v) is 4.20. The van der Waals surface area contributed by atoms with Crippen LogP contribution < -0.4 is 4.74 Å². The molecule has 0 unspecified atom stereocenters. The van der Waals surface area contributed by atoms with E-state index in [-0.39, 0.29) is 0 Å². The Morgan fingerprint density at radius 1 is 1.00 bits per heavy atom. The lowest BCUT2D eigenvalue weighted by atomic mass is 10.0. The third kappa shape index (κ3) is 2.60. The highest BCUT2D eigenvalue weighted by Crippen LogP contribution is 2.30. The summed E-state index contributed by atoms with van der Waals surface area (Å²) >= 11 is 7.80. The first-order valence-corrected chi connectivity index (χ1v) is 7.51. The van der Waals surface area contributed by atoms with Crippen LogP contribution in [0.1, 0.15) is 10.4 Å². The van der Waals surface area contributed by atoms with E-state index in [2.05, 4.69) is 29.6 Å². The number of ether oxygens (including phenoxy) is 1. The normalized spacial score (nSPS) is 10.8. The van der Waals surface area contributed by atoms with Crippen molar-refractivity contribution in [2.45, 2.75) is 12.5 Å². The van der Waals surface area contributed by atoms with Crippen LogP contribution in [0.15, 0.2) is 53.9 Å². The Kier molecular flexibility index (Phi) is 3.72. The number of hydrogen-bond donors (Lipinski definition) is 0. The fourth-order valence-corrected chi connectivity index (χ4v) is 3.02. The van der Waals surface area contributed by atoms with Crippen LogP contribution in [0, 0.1) is 0 Å². The average Bonchev–Trinajstić information content (AvgIpc) is 2.97. The first kappa shape index (κ1) is 12.5. The molecule has 0 aliphatic heterocycles. The summed E-state index contributed by atoms with van der Waals surface area (Å²) in [5.74, 6) is 1.34. The molecule has 0 radical (unpaired) electrons. The van der Waals surface area contributed by atoms with E-state index in [0.717, 1.165) is 11.3 Å². The van der Waals surface area contributed by atoms with Crippen LogP contribution in [0.4, 0.5) is 0 Å². The Morgan fingerprint density at radius 3 is 2.68 bits per heavy atom. The van der Waals surface area contributed by atoms with Gasteiger partial charge in [0, 0.05) is 10.4 Å². The lowest BCUT2D eigenvalue weighted by Gasteiger charge is -2.12. The predicted molar refractivity (Wildman–Crippen MR) is 82.2 cm³/mol. The number of alkyl halides is 1. The minimum absolute atomic E-state index is 0.459. The van der Waals surface area contributed by atoms with Crippen LogP contribution in [0.5, 0.6) is 5.75 Å². The van der Waals surface area contributed by atoms with E-state index < -0.39 is 0 Å². The van der Waals surface area contributed by atoms with Gasteiger partial charge in [0.25, 0.3) is 0 Å². The standard InChI is InChI=1S/C16H13ClOS/c17-10-15-14-6-2-1-4-12(14)7-8-16(15)18-11-13-5-3-9-19-13/h1-9H,10-11H2. The van der Waals surface area contributed by atoms with Gasteiger partial charge in [-0.1, -0.05) is 36.4 Å². The third-order valence-electron chi connectivity index (χ3n) is 3.08. The molecule has 19 heavy (non-hydrogen) atoms. The first-order chi connectivity index (χ1) is 9.38. The molecule has 3 heteroatoms. The van der Waals surface area contributed by atoms with Gasteiger partial charge in [0.2, 0.25) is 0 Å². The highest BCUT2D eigenvalue weighted by molar-refractivity contribution is 7.09. The molecule has 3 rings (SSSR count). The van der Waals surface area contributed by atoms with Crippen molar-refractivity contribution >= 4 is 33.7 Å². The maximum Gasteiger partial charge on any atom is 0.124 e. The van der Waals surface area contributed by atoms with Gasteiger partial charge in [0.15, 0.2) is 0 Å². The van der Waals surface area contributed by atoms with Crippen molar-refractivity contribution in [2.75, 3.05) is 0 Å². The van der Waals surface area contributed by atoms with Crippen molar-refractivity contribution in [1.82, 2.24) is 0 Å².